The summed E-state index contributed by atoms with van der Waals surface area (Å²) in [7, 11) is 0. The summed E-state index contributed by atoms with van der Waals surface area (Å²) in [4.78, 5) is 29.2. The number of piperidine rings is 2. The van der Waals surface area contributed by atoms with Crippen LogP contribution in [0.15, 0.2) is 61.2 Å². The summed E-state index contributed by atoms with van der Waals surface area (Å²) >= 11 is 11.4. The fourth-order valence-corrected chi connectivity index (χ4v) is 11.0. The number of aromatic nitrogens is 6. The highest BCUT2D eigenvalue weighted by atomic mass is 79.9. The van der Waals surface area contributed by atoms with Gasteiger partial charge in [0.05, 0.1) is 29.1 Å². The molecule has 5 N–H and O–H groups in total. The third kappa shape index (κ3) is 14.2. The van der Waals surface area contributed by atoms with E-state index >= 15 is 0 Å². The number of halogens is 9. The summed E-state index contributed by atoms with van der Waals surface area (Å²) in [6.45, 7) is 6.91. The molecular formula is C47H44BBr3F6N12OS2. The number of aromatic hydroxyl groups is 1. The Hall–Kier alpha value is -5.02. The maximum atomic E-state index is 12.8. The molecule has 0 amide bonds. The van der Waals surface area contributed by atoms with Gasteiger partial charge in [-0.1, -0.05) is 0 Å². The zero-order chi connectivity index (χ0) is 51.3. The van der Waals surface area contributed by atoms with Crippen molar-refractivity contribution < 1.29 is 31.4 Å². The fourth-order valence-electron chi connectivity index (χ4n) is 8.92. The van der Waals surface area contributed by atoms with Gasteiger partial charge in [-0.25, -0.2) is 19.9 Å². The minimum absolute atomic E-state index is 0.138. The number of benzene rings is 2. The van der Waals surface area contributed by atoms with E-state index < -0.39 is 25.2 Å². The highest BCUT2D eigenvalue weighted by Crippen LogP contribution is 2.36. The molecule has 2 fully saturated rings. The maximum absolute atomic E-state index is 12.8. The number of alkyl halides is 6. The molecule has 8 heterocycles. The van der Waals surface area contributed by atoms with E-state index in [-0.39, 0.29) is 30.8 Å². The molecule has 25 heteroatoms. The number of phenols is 1. The van der Waals surface area contributed by atoms with Gasteiger partial charge in [-0.05, 0) is 86.2 Å². The second-order valence-electron chi connectivity index (χ2n) is 17.6. The van der Waals surface area contributed by atoms with Crippen LogP contribution in [0.3, 0.4) is 0 Å². The molecule has 0 atom stereocenters. The quantitative estimate of drug-likeness (QED) is 0.0649. The summed E-state index contributed by atoms with van der Waals surface area (Å²) < 4.78 is 77.0. The second kappa shape index (κ2) is 23.0. The summed E-state index contributed by atoms with van der Waals surface area (Å²) in [6, 6.07) is 19.1. The lowest BCUT2D eigenvalue weighted by Gasteiger charge is -2.33. The Kier molecular flexibility index (Phi) is 17.0. The average Bonchev–Trinajstić information content (AvgIpc) is 4.12. The third-order valence-corrected chi connectivity index (χ3v) is 14.4. The lowest BCUT2D eigenvalue weighted by molar-refractivity contribution is -0.127. The molecular weight excluding hydrogens is 1180 g/mol. The van der Waals surface area contributed by atoms with E-state index in [2.05, 4.69) is 129 Å². The number of nitrogens with one attached hydrogen (secondary N) is 4. The van der Waals surface area contributed by atoms with Crippen molar-refractivity contribution in [1.82, 2.24) is 39.7 Å². The van der Waals surface area contributed by atoms with E-state index in [9.17, 15) is 31.4 Å². The zero-order valence-electron chi connectivity index (χ0n) is 38.2. The lowest BCUT2D eigenvalue weighted by Crippen LogP contribution is -2.38. The molecule has 0 bridgehead atoms. The Bertz CT molecular complexity index is 3050. The van der Waals surface area contributed by atoms with Crippen molar-refractivity contribution in [2.24, 2.45) is 0 Å². The van der Waals surface area contributed by atoms with Crippen molar-refractivity contribution in [3.63, 3.8) is 0 Å². The SMILES string of the molecule is BrB(Br)Br.Cc1cc2[nH]c(C#N)cc2cc1CN1CCC(Nc2ncnc3sc(CC(F)(F)F)cc23)CC1.N#Cc1cc2cc(CN3CCC(Nc4ncnc5sc(CC(F)(F)F)cc45)CC3)c(O)cc2[nH]1. The van der Waals surface area contributed by atoms with Gasteiger partial charge in [0, 0.05) is 89.0 Å². The van der Waals surface area contributed by atoms with Crippen molar-refractivity contribution in [2.75, 3.05) is 36.8 Å². The smallest absolute Gasteiger partial charge is 0.393 e. The molecule has 2 aliphatic rings. The van der Waals surface area contributed by atoms with Crippen LogP contribution in [0.25, 0.3) is 42.2 Å². The first-order valence-corrected chi connectivity index (χ1v) is 26.9. The van der Waals surface area contributed by atoms with Gasteiger partial charge in [0.15, 0.2) is 0 Å². The molecule has 13 nitrogen and oxygen atoms in total. The first kappa shape index (κ1) is 53.3. The van der Waals surface area contributed by atoms with Crippen molar-refractivity contribution in [2.45, 2.75) is 83.0 Å². The van der Waals surface area contributed by atoms with Crippen LogP contribution < -0.4 is 10.6 Å². The summed E-state index contributed by atoms with van der Waals surface area (Å²) in [5.41, 5.74) is 5.95. The number of likely N-dealkylation sites (tertiary alicyclic amines) is 2. The first-order chi connectivity index (χ1) is 34.3. The molecule has 6 aromatic heterocycles. The molecule has 0 spiro atoms. The number of phenolic OH excluding ortho intramolecular Hbond substituents is 1. The van der Waals surface area contributed by atoms with Crippen LogP contribution in [0, 0.1) is 29.6 Å². The van der Waals surface area contributed by atoms with Crippen molar-refractivity contribution >= 4 is 127 Å². The molecule has 0 aliphatic carbocycles. The van der Waals surface area contributed by atoms with E-state index in [1.807, 2.05) is 12.1 Å². The van der Waals surface area contributed by atoms with E-state index in [0.29, 0.717) is 50.0 Å². The number of H-pyrrole nitrogens is 2. The van der Waals surface area contributed by atoms with Gasteiger partial charge in [-0.2, -0.15) is 36.9 Å². The average molecular weight is 1220 g/mol. The van der Waals surface area contributed by atoms with E-state index in [1.165, 1.54) is 29.8 Å². The van der Waals surface area contributed by atoms with Gasteiger partial charge in [0.1, 0.15) is 63.2 Å². The number of hydrogen-bond acceptors (Lipinski definition) is 13. The van der Waals surface area contributed by atoms with Crippen LogP contribution in [0.5, 0.6) is 5.75 Å². The molecule has 2 aromatic carbocycles. The zero-order valence-corrected chi connectivity index (χ0v) is 44.6. The molecule has 0 saturated carbocycles. The Labute approximate surface area is 442 Å². The molecule has 8 aromatic rings. The minimum atomic E-state index is -4.26. The number of thiophene rings is 2. The Morgan fingerprint density at radius 2 is 1.08 bits per heavy atom. The lowest BCUT2D eigenvalue weighted by atomic mass is 10.0. The van der Waals surface area contributed by atoms with Gasteiger partial charge >= 0.3 is 15.5 Å². The monoisotopic (exact) mass is 1220 g/mol. The Balaban J connectivity index is 0.000000179. The molecule has 0 radical (unpaired) electrons. The summed E-state index contributed by atoms with van der Waals surface area (Å²) in [6.07, 6.45) is -4.14. The number of hydrogen-bond donors (Lipinski definition) is 5. The molecule has 2 saturated heterocycles. The highest BCUT2D eigenvalue weighted by molar-refractivity contribution is 9.69. The maximum Gasteiger partial charge on any atom is 0.393 e. The number of fused-ring (bicyclic) bond motifs is 4. The van der Waals surface area contributed by atoms with Crippen LogP contribution in [0.2, 0.25) is 0 Å². The van der Waals surface area contributed by atoms with E-state index in [1.54, 1.807) is 18.2 Å². The van der Waals surface area contributed by atoms with Gasteiger partial charge < -0.3 is 25.7 Å². The fraction of sp³-hybridized carbons (Fsp3) is 0.362. The first-order valence-electron chi connectivity index (χ1n) is 22.6. The predicted molar refractivity (Wildman–Crippen MR) is 283 cm³/mol. The molecule has 2 aliphatic heterocycles. The van der Waals surface area contributed by atoms with Crippen molar-refractivity contribution in [3.05, 3.63) is 99.0 Å². The van der Waals surface area contributed by atoms with Crippen LogP contribution in [0.1, 0.15) is 63.5 Å². The molecule has 72 heavy (non-hydrogen) atoms. The van der Waals surface area contributed by atoms with Gasteiger partial charge in [-0.3, -0.25) is 9.80 Å². The Morgan fingerprint density at radius 3 is 1.51 bits per heavy atom. The number of anilines is 2. The molecule has 376 valence electrons. The molecule has 0 unspecified atom stereocenters. The number of nitrogens with zero attached hydrogens (tertiary/aromatic N) is 8. The highest BCUT2D eigenvalue weighted by Gasteiger charge is 2.31. The van der Waals surface area contributed by atoms with Crippen LogP contribution in [0.4, 0.5) is 38.0 Å². The number of aromatic amines is 2. The minimum Gasteiger partial charge on any atom is -0.508 e. The van der Waals surface area contributed by atoms with Gasteiger partial charge in [0.2, 0.25) is 0 Å². The topological polar surface area (TPSA) is 181 Å². The normalized spacial score (nSPS) is 15.2. The largest absolute Gasteiger partial charge is 0.508 e. The number of rotatable bonds is 10. The van der Waals surface area contributed by atoms with Crippen molar-refractivity contribution in [1.29, 1.82) is 10.5 Å². The number of nitriles is 2. The Morgan fingerprint density at radius 1 is 0.667 bits per heavy atom. The van der Waals surface area contributed by atoms with Gasteiger partial charge in [0.25, 0.3) is 0 Å². The predicted octanol–water partition coefficient (Wildman–Crippen LogP) is 12.6. The van der Waals surface area contributed by atoms with E-state index in [0.717, 1.165) is 108 Å². The van der Waals surface area contributed by atoms with Gasteiger partial charge in [-0.15, -0.1) is 69.9 Å². The summed E-state index contributed by atoms with van der Waals surface area (Å²) in [5, 5.41) is 38.6. The third-order valence-electron chi connectivity index (χ3n) is 12.3. The standard InChI is InChI=1S/C24H23F3N6S.C23H21F3N6OS.BBr3/c1-14-6-21-15(8-18(11-28)31-21)7-16(14)12-33-4-2-17(3-5-33)32-22-20-9-19(10-24(25,26)27)34-23(20)30-13-29-22;24-23(25,26)9-17-7-18-21(28-12-29-22(18)34-17)31-15-1-3-32(4-2-15)11-14-5-13-6-16(10-27)30-19(13)8-20(14)33;2-1(3)4/h6-9,13,17,31H,2-5,10,12H2,1H3,(H,29,30,32);5-8,12,15,30,33H,1-4,9,11H2,(H,28,29,31);. The molecule has 10 rings (SSSR count). The summed E-state index contributed by atoms with van der Waals surface area (Å²) in [5.74, 6) is 1.36. The van der Waals surface area contributed by atoms with E-state index in [4.69, 9.17) is 10.5 Å². The number of aryl methyl sites for hydroxylation is 1. The van der Waals surface area contributed by atoms with Crippen LogP contribution >= 0.6 is 69.9 Å². The van der Waals surface area contributed by atoms with Crippen LogP contribution in [-0.2, 0) is 25.9 Å². The van der Waals surface area contributed by atoms with Crippen molar-refractivity contribution in [3.8, 4) is 17.9 Å². The van der Waals surface area contributed by atoms with Crippen LogP contribution in [-0.4, -0.2) is 98.6 Å². The second-order valence-corrected chi connectivity index (χ2v) is 26.2.